The average Bonchev–Trinajstić information content (AvgIpc) is 3.01. The first-order valence-electron chi connectivity index (χ1n) is 7.46. The van der Waals surface area contributed by atoms with Crippen LogP contribution >= 0.6 is 0 Å². The van der Waals surface area contributed by atoms with Gasteiger partial charge in [-0.15, -0.1) is 0 Å². The maximum atomic E-state index is 12.7. The molecule has 2 rings (SSSR count). The first-order valence-corrected chi connectivity index (χ1v) is 7.46. The van der Waals surface area contributed by atoms with E-state index >= 15 is 0 Å². The highest BCUT2D eigenvalue weighted by atomic mass is 19.4. The molecule has 0 aliphatic carbocycles. The second-order valence-corrected chi connectivity index (χ2v) is 4.75. The van der Waals surface area contributed by atoms with Crippen molar-refractivity contribution >= 4 is 0 Å². The molecule has 0 N–H and O–H groups in total. The topological polar surface area (TPSA) is 36.3 Å². The molecule has 122 valence electrons. The average molecular weight is 314 g/mol. The zero-order chi connectivity index (χ0) is 16.6. The van der Waals surface area contributed by atoms with Crippen LogP contribution in [0, 0.1) is 11.3 Å². The van der Waals surface area contributed by atoms with E-state index in [9.17, 15) is 13.2 Å². The molecule has 1 aromatic rings. The van der Waals surface area contributed by atoms with Gasteiger partial charge in [0, 0.05) is 6.54 Å². The first kappa shape index (κ1) is 18.3. The molecule has 0 unspecified atom stereocenters. The quantitative estimate of drug-likeness (QED) is 0.840. The Morgan fingerprint density at radius 2 is 1.82 bits per heavy atom. The van der Waals surface area contributed by atoms with Gasteiger partial charge < -0.3 is 4.74 Å². The van der Waals surface area contributed by atoms with Gasteiger partial charge in [0.25, 0.3) is 0 Å². The van der Waals surface area contributed by atoms with Gasteiger partial charge in [0.15, 0.2) is 0 Å². The van der Waals surface area contributed by atoms with Gasteiger partial charge >= 0.3 is 6.18 Å². The van der Waals surface area contributed by atoms with Crippen molar-refractivity contribution in [3.63, 3.8) is 0 Å². The van der Waals surface area contributed by atoms with Gasteiger partial charge in [-0.25, -0.2) is 0 Å². The van der Waals surface area contributed by atoms with Crippen LogP contribution < -0.4 is 4.74 Å². The molecule has 0 saturated carbocycles. The van der Waals surface area contributed by atoms with Gasteiger partial charge in [-0.2, -0.15) is 18.4 Å². The van der Waals surface area contributed by atoms with Gasteiger partial charge in [0.2, 0.25) is 0 Å². The molecule has 0 atom stereocenters. The number of nitrogens with zero attached hydrogens (tertiary/aromatic N) is 2. The lowest BCUT2D eigenvalue weighted by atomic mass is 10.1. The highest BCUT2D eigenvalue weighted by molar-refractivity contribution is 5.41. The summed E-state index contributed by atoms with van der Waals surface area (Å²) in [4.78, 5) is 2.21. The number of nitriles is 1. The molecule has 0 amide bonds. The molecule has 1 aliphatic heterocycles. The minimum absolute atomic E-state index is 0.0454. The summed E-state index contributed by atoms with van der Waals surface area (Å²) in [5, 5.41) is 8.77. The van der Waals surface area contributed by atoms with Crippen LogP contribution in [0.15, 0.2) is 18.2 Å². The highest BCUT2D eigenvalue weighted by Crippen LogP contribution is 2.32. The fourth-order valence-electron chi connectivity index (χ4n) is 2.21. The van der Waals surface area contributed by atoms with Crippen LogP contribution in [0.2, 0.25) is 0 Å². The van der Waals surface area contributed by atoms with Crippen molar-refractivity contribution in [1.82, 2.24) is 4.90 Å². The van der Waals surface area contributed by atoms with E-state index in [-0.39, 0.29) is 11.3 Å². The Kier molecular flexibility index (Phi) is 7.19. The largest absolute Gasteiger partial charge is 0.492 e. The number of benzene rings is 1. The molecule has 22 heavy (non-hydrogen) atoms. The molecule has 1 saturated heterocycles. The minimum Gasteiger partial charge on any atom is -0.492 e. The Bertz CT molecular complexity index is 503. The van der Waals surface area contributed by atoms with Crippen LogP contribution in [0.1, 0.15) is 37.8 Å². The van der Waals surface area contributed by atoms with Crippen molar-refractivity contribution in [3.8, 4) is 11.8 Å². The third kappa shape index (κ3) is 5.57. The summed E-state index contributed by atoms with van der Waals surface area (Å²) in [6.07, 6.45) is -2.16. The normalized spacial score (nSPS) is 14.9. The van der Waals surface area contributed by atoms with Crippen molar-refractivity contribution in [2.75, 3.05) is 26.2 Å². The lowest BCUT2D eigenvalue weighted by Gasteiger charge is -2.16. The maximum Gasteiger partial charge on any atom is 0.416 e. The highest BCUT2D eigenvalue weighted by Gasteiger charge is 2.31. The molecule has 0 bridgehead atoms. The van der Waals surface area contributed by atoms with E-state index in [0.29, 0.717) is 13.2 Å². The summed E-state index contributed by atoms with van der Waals surface area (Å²) in [6, 6.07) is 4.82. The summed E-state index contributed by atoms with van der Waals surface area (Å²) < 4.78 is 43.4. The number of ether oxygens (including phenoxy) is 1. The number of alkyl halides is 3. The Hall–Kier alpha value is -1.74. The standard InChI is InChI=1S/C14H15F3N2O.C2H6/c15-14(16,17)12-7-11(10-18)8-13(9-12)20-6-5-19-3-1-2-4-19;1-2/h7-9H,1-6H2;1-2H3. The van der Waals surface area contributed by atoms with E-state index in [4.69, 9.17) is 10.00 Å². The van der Waals surface area contributed by atoms with Gasteiger partial charge in [-0.3, -0.25) is 4.90 Å². The van der Waals surface area contributed by atoms with E-state index in [1.165, 1.54) is 6.07 Å². The Labute approximate surface area is 129 Å². The molecule has 1 aromatic carbocycles. The number of halogens is 3. The maximum absolute atomic E-state index is 12.7. The third-order valence-corrected chi connectivity index (χ3v) is 3.24. The number of hydrogen-bond donors (Lipinski definition) is 0. The zero-order valence-electron chi connectivity index (χ0n) is 12.9. The second-order valence-electron chi connectivity index (χ2n) is 4.75. The molecule has 3 nitrogen and oxygen atoms in total. The fraction of sp³-hybridized carbons (Fsp3) is 0.562. The van der Waals surface area contributed by atoms with E-state index < -0.39 is 11.7 Å². The van der Waals surface area contributed by atoms with Gasteiger partial charge in [0.1, 0.15) is 12.4 Å². The minimum atomic E-state index is -4.47. The number of rotatable bonds is 4. The van der Waals surface area contributed by atoms with Crippen LogP contribution in [0.3, 0.4) is 0 Å². The molecular weight excluding hydrogens is 293 g/mol. The second kappa shape index (κ2) is 8.64. The first-order chi connectivity index (χ1) is 10.5. The summed E-state index contributed by atoms with van der Waals surface area (Å²) in [7, 11) is 0. The van der Waals surface area contributed by atoms with Gasteiger partial charge in [-0.05, 0) is 44.1 Å². The predicted molar refractivity (Wildman–Crippen MR) is 78.7 cm³/mol. The molecule has 0 aromatic heterocycles. The summed E-state index contributed by atoms with van der Waals surface area (Å²) in [5.41, 5.74) is -0.899. The van der Waals surface area contributed by atoms with Crippen molar-refractivity contribution in [1.29, 1.82) is 5.26 Å². The lowest BCUT2D eigenvalue weighted by Crippen LogP contribution is -2.25. The molecule has 0 radical (unpaired) electrons. The van der Waals surface area contributed by atoms with Gasteiger partial charge in [-0.1, -0.05) is 13.8 Å². The van der Waals surface area contributed by atoms with Crippen molar-refractivity contribution < 1.29 is 17.9 Å². The summed E-state index contributed by atoms with van der Waals surface area (Å²) in [6.45, 7) is 7.04. The Morgan fingerprint density at radius 1 is 1.18 bits per heavy atom. The monoisotopic (exact) mass is 314 g/mol. The molecule has 0 spiro atoms. The SMILES string of the molecule is CC.N#Cc1cc(OCCN2CCCC2)cc(C(F)(F)F)c1. The van der Waals surface area contributed by atoms with E-state index in [0.717, 1.165) is 38.1 Å². The van der Waals surface area contributed by atoms with E-state index in [1.807, 2.05) is 13.8 Å². The van der Waals surface area contributed by atoms with Crippen molar-refractivity contribution in [2.24, 2.45) is 0 Å². The van der Waals surface area contributed by atoms with Crippen molar-refractivity contribution in [2.45, 2.75) is 32.9 Å². The summed E-state index contributed by atoms with van der Waals surface area (Å²) in [5.74, 6) is 0.0931. The third-order valence-electron chi connectivity index (χ3n) is 3.24. The summed E-state index contributed by atoms with van der Waals surface area (Å²) >= 11 is 0. The van der Waals surface area contributed by atoms with E-state index in [1.54, 1.807) is 6.07 Å². The van der Waals surface area contributed by atoms with E-state index in [2.05, 4.69) is 4.90 Å². The van der Waals surface area contributed by atoms with Crippen LogP contribution in [-0.4, -0.2) is 31.1 Å². The molecule has 1 fully saturated rings. The van der Waals surface area contributed by atoms with Crippen LogP contribution in [0.25, 0.3) is 0 Å². The van der Waals surface area contributed by atoms with Crippen LogP contribution in [-0.2, 0) is 6.18 Å². The molecule has 6 heteroatoms. The van der Waals surface area contributed by atoms with Gasteiger partial charge in [0.05, 0.1) is 17.2 Å². The van der Waals surface area contributed by atoms with Crippen LogP contribution in [0.5, 0.6) is 5.75 Å². The number of likely N-dealkylation sites (tertiary alicyclic amines) is 1. The predicted octanol–water partition coefficient (Wildman–Crippen LogP) is 4.08. The molecule has 1 heterocycles. The lowest BCUT2D eigenvalue weighted by molar-refractivity contribution is -0.137. The smallest absolute Gasteiger partial charge is 0.416 e. The Balaban J connectivity index is 0.00000116. The zero-order valence-corrected chi connectivity index (χ0v) is 12.9. The Morgan fingerprint density at radius 3 is 2.36 bits per heavy atom. The fourth-order valence-corrected chi connectivity index (χ4v) is 2.21. The molecule has 1 aliphatic rings. The van der Waals surface area contributed by atoms with Crippen LogP contribution in [0.4, 0.5) is 13.2 Å². The number of hydrogen-bond acceptors (Lipinski definition) is 3. The van der Waals surface area contributed by atoms with Crippen molar-refractivity contribution in [3.05, 3.63) is 29.3 Å². The molecular formula is C16H21F3N2O.